The normalized spacial score (nSPS) is 11.7. The van der Waals surface area contributed by atoms with Gasteiger partial charge in [-0.2, -0.15) is 10.2 Å². The molecule has 0 radical (unpaired) electrons. The monoisotopic (exact) mass is 174 g/mol. The van der Waals surface area contributed by atoms with E-state index in [0.29, 0.717) is 6.54 Å². The molecular weight excluding hydrogens is 156 g/mol. The van der Waals surface area contributed by atoms with E-state index in [-0.39, 0.29) is 6.29 Å². The number of ether oxygens (including phenoxy) is 2. The third kappa shape index (κ3) is 6.24. The van der Waals surface area contributed by atoms with Crippen molar-refractivity contribution in [3.05, 3.63) is 0 Å². The molecule has 0 aliphatic carbocycles. The molecular formula is C8H18N2O2. The Balaban J connectivity index is 3.27. The first-order valence-electron chi connectivity index (χ1n) is 4.24. The molecule has 0 N–H and O–H groups in total. The van der Waals surface area contributed by atoms with Crippen molar-refractivity contribution in [3.63, 3.8) is 0 Å². The van der Waals surface area contributed by atoms with E-state index in [4.69, 9.17) is 9.47 Å². The molecule has 72 valence electrons. The van der Waals surface area contributed by atoms with Crippen molar-refractivity contribution >= 4 is 0 Å². The zero-order valence-corrected chi connectivity index (χ0v) is 8.12. The number of methoxy groups -OCH3 is 2. The molecule has 4 heteroatoms. The summed E-state index contributed by atoms with van der Waals surface area (Å²) in [6, 6.07) is 0. The molecule has 0 saturated carbocycles. The van der Waals surface area contributed by atoms with Crippen LogP contribution < -0.4 is 0 Å². The van der Waals surface area contributed by atoms with Crippen LogP contribution >= 0.6 is 0 Å². The Morgan fingerprint density at radius 2 is 1.67 bits per heavy atom. The quantitative estimate of drug-likeness (QED) is 0.436. The summed E-state index contributed by atoms with van der Waals surface area (Å²) >= 11 is 0. The van der Waals surface area contributed by atoms with Gasteiger partial charge in [0.15, 0.2) is 6.29 Å². The highest BCUT2D eigenvalue weighted by Gasteiger charge is 2.02. The number of nitrogens with zero attached hydrogens (tertiary/aromatic N) is 2. The average Bonchev–Trinajstić information content (AvgIpc) is 2.11. The number of hydrogen-bond donors (Lipinski definition) is 0. The molecule has 0 saturated heterocycles. The van der Waals surface area contributed by atoms with Crippen LogP contribution in [0.25, 0.3) is 0 Å². The second kappa shape index (κ2) is 8.62. The molecule has 0 aromatic carbocycles. The molecule has 0 amide bonds. The van der Waals surface area contributed by atoms with E-state index < -0.39 is 0 Å². The smallest absolute Gasteiger partial charge is 0.158 e. The van der Waals surface area contributed by atoms with E-state index in [1.165, 1.54) is 0 Å². The lowest BCUT2D eigenvalue weighted by Gasteiger charge is -2.10. The fourth-order valence-electron chi connectivity index (χ4n) is 0.736. The van der Waals surface area contributed by atoms with Gasteiger partial charge < -0.3 is 9.47 Å². The lowest BCUT2D eigenvalue weighted by Crippen LogP contribution is -2.13. The van der Waals surface area contributed by atoms with E-state index >= 15 is 0 Å². The van der Waals surface area contributed by atoms with Crippen molar-refractivity contribution in [1.82, 2.24) is 0 Å². The van der Waals surface area contributed by atoms with Gasteiger partial charge in [0.25, 0.3) is 0 Å². The van der Waals surface area contributed by atoms with Gasteiger partial charge in [-0.15, -0.1) is 0 Å². The summed E-state index contributed by atoms with van der Waals surface area (Å²) in [4.78, 5) is 0. The van der Waals surface area contributed by atoms with Crippen LogP contribution in [0.4, 0.5) is 0 Å². The van der Waals surface area contributed by atoms with Crippen molar-refractivity contribution in [2.75, 3.05) is 27.3 Å². The predicted octanol–water partition coefficient (Wildman–Crippen LogP) is 1.86. The van der Waals surface area contributed by atoms with Gasteiger partial charge >= 0.3 is 0 Å². The fourth-order valence-corrected chi connectivity index (χ4v) is 0.736. The Morgan fingerprint density at radius 3 is 2.17 bits per heavy atom. The summed E-state index contributed by atoms with van der Waals surface area (Å²) in [6.45, 7) is 3.56. The minimum atomic E-state index is -0.148. The minimum Gasteiger partial charge on any atom is -0.356 e. The topological polar surface area (TPSA) is 43.2 Å². The molecule has 0 spiro atoms. The molecule has 0 heterocycles. The first-order chi connectivity index (χ1) is 5.85. The largest absolute Gasteiger partial charge is 0.356 e. The summed E-state index contributed by atoms with van der Waals surface area (Å²) in [5.74, 6) is 0. The van der Waals surface area contributed by atoms with Gasteiger partial charge in [-0.3, -0.25) is 0 Å². The summed E-state index contributed by atoms with van der Waals surface area (Å²) in [5, 5.41) is 7.91. The standard InChI is InChI=1S/C8H18N2O2/c1-4-6-9-10-7-5-8(11-2)12-3/h8H,4-7H2,1-3H3. The predicted molar refractivity (Wildman–Crippen MR) is 47.3 cm³/mol. The number of rotatable bonds is 7. The molecule has 12 heavy (non-hydrogen) atoms. The minimum absolute atomic E-state index is 0.148. The van der Waals surface area contributed by atoms with Crippen LogP contribution in [0.2, 0.25) is 0 Å². The van der Waals surface area contributed by atoms with Crippen LogP contribution in [-0.2, 0) is 9.47 Å². The third-order valence-corrected chi connectivity index (χ3v) is 1.41. The molecule has 0 aliphatic heterocycles. The van der Waals surface area contributed by atoms with E-state index in [1.807, 2.05) is 0 Å². The van der Waals surface area contributed by atoms with E-state index in [1.54, 1.807) is 14.2 Å². The van der Waals surface area contributed by atoms with Crippen LogP contribution in [0.5, 0.6) is 0 Å². The van der Waals surface area contributed by atoms with Crippen LogP contribution in [0.1, 0.15) is 19.8 Å². The number of hydrogen-bond acceptors (Lipinski definition) is 4. The van der Waals surface area contributed by atoms with Crippen molar-refractivity contribution in [2.45, 2.75) is 26.1 Å². The Labute approximate surface area is 74.0 Å². The van der Waals surface area contributed by atoms with Gasteiger partial charge in [-0.05, 0) is 6.42 Å². The lowest BCUT2D eigenvalue weighted by atomic mass is 10.4. The third-order valence-electron chi connectivity index (χ3n) is 1.41. The maximum atomic E-state index is 4.98. The zero-order valence-electron chi connectivity index (χ0n) is 8.12. The molecule has 0 rings (SSSR count). The Hall–Kier alpha value is -0.480. The van der Waals surface area contributed by atoms with Gasteiger partial charge in [0.2, 0.25) is 0 Å². The molecule has 0 aliphatic rings. The zero-order chi connectivity index (χ0) is 9.23. The molecule has 0 fully saturated rings. The molecule has 4 nitrogen and oxygen atoms in total. The van der Waals surface area contributed by atoms with E-state index in [9.17, 15) is 0 Å². The van der Waals surface area contributed by atoms with Crippen LogP contribution in [0, 0.1) is 0 Å². The molecule has 0 aromatic rings. The van der Waals surface area contributed by atoms with E-state index in [0.717, 1.165) is 19.4 Å². The van der Waals surface area contributed by atoms with Crippen LogP contribution in [0.3, 0.4) is 0 Å². The van der Waals surface area contributed by atoms with Crippen molar-refractivity contribution in [1.29, 1.82) is 0 Å². The van der Waals surface area contributed by atoms with Crippen molar-refractivity contribution in [2.24, 2.45) is 10.2 Å². The van der Waals surface area contributed by atoms with Gasteiger partial charge in [-0.1, -0.05) is 6.92 Å². The highest BCUT2D eigenvalue weighted by molar-refractivity contribution is 4.46. The highest BCUT2D eigenvalue weighted by atomic mass is 16.7. The molecule has 0 atom stereocenters. The van der Waals surface area contributed by atoms with Gasteiger partial charge in [0, 0.05) is 20.6 Å². The second-order valence-corrected chi connectivity index (χ2v) is 2.42. The number of azo groups is 1. The molecule has 0 unspecified atom stereocenters. The summed E-state index contributed by atoms with van der Waals surface area (Å²) in [6.07, 6.45) is 1.66. The van der Waals surface area contributed by atoms with Gasteiger partial charge in [0.1, 0.15) is 0 Å². The van der Waals surface area contributed by atoms with Gasteiger partial charge in [-0.25, -0.2) is 0 Å². The Kier molecular flexibility index (Phi) is 8.27. The summed E-state index contributed by atoms with van der Waals surface area (Å²) in [5.41, 5.74) is 0. The lowest BCUT2D eigenvalue weighted by molar-refractivity contribution is -0.104. The maximum Gasteiger partial charge on any atom is 0.158 e. The van der Waals surface area contributed by atoms with Crippen LogP contribution in [0.15, 0.2) is 10.2 Å². The Morgan fingerprint density at radius 1 is 1.08 bits per heavy atom. The average molecular weight is 174 g/mol. The van der Waals surface area contributed by atoms with Crippen molar-refractivity contribution in [3.8, 4) is 0 Å². The first-order valence-corrected chi connectivity index (χ1v) is 4.24. The van der Waals surface area contributed by atoms with Crippen molar-refractivity contribution < 1.29 is 9.47 Å². The molecule has 0 aromatic heterocycles. The summed E-state index contributed by atoms with van der Waals surface area (Å²) in [7, 11) is 3.24. The highest BCUT2D eigenvalue weighted by Crippen LogP contribution is 1.97. The first kappa shape index (κ1) is 11.5. The van der Waals surface area contributed by atoms with E-state index in [2.05, 4.69) is 17.2 Å². The SMILES string of the molecule is CCCN=NCCC(OC)OC. The second-order valence-electron chi connectivity index (χ2n) is 2.42. The maximum absolute atomic E-state index is 4.98. The van der Waals surface area contributed by atoms with Crippen LogP contribution in [-0.4, -0.2) is 33.6 Å². The molecule has 0 bridgehead atoms. The fraction of sp³-hybridized carbons (Fsp3) is 1.00. The summed E-state index contributed by atoms with van der Waals surface area (Å²) < 4.78 is 9.96. The Bertz CT molecular complexity index is 114. The van der Waals surface area contributed by atoms with Gasteiger partial charge in [0.05, 0.1) is 13.1 Å².